The van der Waals surface area contributed by atoms with Crippen molar-refractivity contribution in [3.05, 3.63) is 59.2 Å². The molecule has 0 aliphatic heterocycles. The third-order valence-electron chi connectivity index (χ3n) is 3.16. The molecule has 0 saturated carbocycles. The fourth-order valence-corrected chi connectivity index (χ4v) is 2.24. The molecule has 0 N–H and O–H groups in total. The average molecular weight is 318 g/mol. The maximum atomic E-state index is 11.3. The average Bonchev–Trinajstić information content (AvgIpc) is 2.54. The Bertz CT molecular complexity index is 638. The Morgan fingerprint density at radius 1 is 1.14 bits per heavy atom. The summed E-state index contributed by atoms with van der Waals surface area (Å²) in [6, 6.07) is 13.2. The van der Waals surface area contributed by atoms with Gasteiger partial charge in [0.2, 0.25) is 0 Å². The van der Waals surface area contributed by atoms with Crippen LogP contribution in [-0.2, 0) is 17.1 Å². The lowest BCUT2D eigenvalue weighted by Gasteiger charge is -2.14. The SMILES string of the molecule is COC(=O)Oc1cccc(CS)c1COc1ccc(C)cc1. The molecule has 0 amide bonds. The molecular weight excluding hydrogens is 300 g/mol. The predicted octanol–water partition coefficient (Wildman–Crippen LogP) is 4.15. The van der Waals surface area contributed by atoms with Crippen LogP contribution in [0, 0.1) is 6.92 Å². The fourth-order valence-electron chi connectivity index (χ4n) is 1.94. The number of hydrogen-bond donors (Lipinski definition) is 1. The van der Waals surface area contributed by atoms with E-state index in [0.717, 1.165) is 22.4 Å². The number of hydrogen-bond acceptors (Lipinski definition) is 5. The van der Waals surface area contributed by atoms with Gasteiger partial charge in [-0.25, -0.2) is 4.79 Å². The van der Waals surface area contributed by atoms with Crippen LogP contribution in [0.1, 0.15) is 16.7 Å². The summed E-state index contributed by atoms with van der Waals surface area (Å²) >= 11 is 4.31. The largest absolute Gasteiger partial charge is 0.513 e. The third kappa shape index (κ3) is 4.18. The van der Waals surface area contributed by atoms with E-state index in [1.807, 2.05) is 37.3 Å². The summed E-state index contributed by atoms with van der Waals surface area (Å²) in [4.78, 5) is 11.3. The zero-order chi connectivity index (χ0) is 15.9. The van der Waals surface area contributed by atoms with Crippen molar-refractivity contribution in [2.75, 3.05) is 7.11 Å². The maximum absolute atomic E-state index is 11.3. The molecule has 0 radical (unpaired) electrons. The molecule has 4 nitrogen and oxygen atoms in total. The molecule has 0 unspecified atom stereocenters. The number of aryl methyl sites for hydroxylation is 1. The van der Waals surface area contributed by atoms with Crippen molar-refractivity contribution in [1.82, 2.24) is 0 Å². The first-order chi connectivity index (χ1) is 10.6. The van der Waals surface area contributed by atoms with E-state index >= 15 is 0 Å². The quantitative estimate of drug-likeness (QED) is 0.511. The van der Waals surface area contributed by atoms with Crippen LogP contribution in [0.5, 0.6) is 11.5 Å². The van der Waals surface area contributed by atoms with Crippen molar-refractivity contribution in [2.24, 2.45) is 0 Å². The van der Waals surface area contributed by atoms with E-state index in [1.165, 1.54) is 7.11 Å². The third-order valence-corrected chi connectivity index (χ3v) is 3.51. The molecular formula is C17H18O4S. The maximum Gasteiger partial charge on any atom is 0.513 e. The highest BCUT2D eigenvalue weighted by atomic mass is 32.1. The zero-order valence-electron chi connectivity index (χ0n) is 12.5. The number of benzene rings is 2. The summed E-state index contributed by atoms with van der Waals surface area (Å²) in [5.41, 5.74) is 2.89. The summed E-state index contributed by atoms with van der Waals surface area (Å²) < 4.78 is 15.5. The van der Waals surface area contributed by atoms with Gasteiger partial charge < -0.3 is 14.2 Å². The minimum absolute atomic E-state index is 0.284. The summed E-state index contributed by atoms with van der Waals surface area (Å²) in [6.07, 6.45) is -0.757. The predicted molar refractivity (Wildman–Crippen MR) is 87.7 cm³/mol. The second-order valence-electron chi connectivity index (χ2n) is 4.71. The number of carbonyl (C=O) groups is 1. The van der Waals surface area contributed by atoms with E-state index in [4.69, 9.17) is 9.47 Å². The lowest BCUT2D eigenvalue weighted by atomic mass is 10.1. The lowest BCUT2D eigenvalue weighted by molar-refractivity contribution is 0.120. The van der Waals surface area contributed by atoms with Crippen LogP contribution in [0.4, 0.5) is 4.79 Å². The summed E-state index contributed by atoms with van der Waals surface area (Å²) in [5.74, 6) is 1.69. The Labute approximate surface area is 135 Å². The van der Waals surface area contributed by atoms with Crippen LogP contribution in [0.25, 0.3) is 0 Å². The first-order valence-electron chi connectivity index (χ1n) is 6.81. The molecule has 0 aliphatic carbocycles. The number of rotatable bonds is 5. The Morgan fingerprint density at radius 2 is 1.86 bits per heavy atom. The Hall–Kier alpha value is -2.14. The molecule has 0 fully saturated rings. The molecule has 2 aromatic rings. The van der Waals surface area contributed by atoms with Gasteiger partial charge in [-0.3, -0.25) is 0 Å². The molecule has 0 atom stereocenters. The van der Waals surface area contributed by atoms with Gasteiger partial charge in [0.1, 0.15) is 18.1 Å². The molecule has 5 heteroatoms. The molecule has 22 heavy (non-hydrogen) atoms. The molecule has 0 heterocycles. The molecule has 0 spiro atoms. The first-order valence-corrected chi connectivity index (χ1v) is 7.44. The van der Waals surface area contributed by atoms with Crippen LogP contribution in [0.3, 0.4) is 0 Å². The van der Waals surface area contributed by atoms with Crippen LogP contribution in [0.2, 0.25) is 0 Å². The van der Waals surface area contributed by atoms with Gasteiger partial charge in [0.25, 0.3) is 0 Å². The van der Waals surface area contributed by atoms with Gasteiger partial charge in [0.05, 0.1) is 7.11 Å². The van der Waals surface area contributed by atoms with Crippen LogP contribution >= 0.6 is 12.6 Å². The molecule has 0 saturated heterocycles. The molecule has 2 rings (SSSR count). The molecule has 2 aromatic carbocycles. The highest BCUT2D eigenvalue weighted by Gasteiger charge is 2.13. The number of ether oxygens (including phenoxy) is 3. The van der Waals surface area contributed by atoms with Crippen LogP contribution in [-0.4, -0.2) is 13.3 Å². The van der Waals surface area contributed by atoms with Crippen molar-refractivity contribution in [1.29, 1.82) is 0 Å². The van der Waals surface area contributed by atoms with E-state index in [-0.39, 0.29) is 6.61 Å². The Morgan fingerprint density at radius 3 is 2.50 bits per heavy atom. The van der Waals surface area contributed by atoms with Gasteiger partial charge in [-0.05, 0) is 30.7 Å². The van der Waals surface area contributed by atoms with Crippen molar-refractivity contribution in [3.63, 3.8) is 0 Å². The van der Waals surface area contributed by atoms with Crippen molar-refractivity contribution >= 4 is 18.8 Å². The van der Waals surface area contributed by atoms with Gasteiger partial charge in [-0.1, -0.05) is 29.8 Å². The van der Waals surface area contributed by atoms with E-state index in [0.29, 0.717) is 11.5 Å². The topological polar surface area (TPSA) is 44.8 Å². The fraction of sp³-hybridized carbons (Fsp3) is 0.235. The van der Waals surface area contributed by atoms with Gasteiger partial charge in [-0.2, -0.15) is 12.6 Å². The van der Waals surface area contributed by atoms with Crippen molar-refractivity contribution < 1.29 is 19.0 Å². The van der Waals surface area contributed by atoms with Gasteiger partial charge in [-0.15, -0.1) is 0 Å². The van der Waals surface area contributed by atoms with Gasteiger partial charge in [0.15, 0.2) is 0 Å². The highest BCUT2D eigenvalue weighted by Crippen LogP contribution is 2.26. The highest BCUT2D eigenvalue weighted by molar-refractivity contribution is 7.79. The molecule has 0 bridgehead atoms. The second-order valence-corrected chi connectivity index (χ2v) is 5.03. The number of carbonyl (C=O) groups excluding carboxylic acids is 1. The molecule has 116 valence electrons. The van der Waals surface area contributed by atoms with E-state index < -0.39 is 6.16 Å². The Balaban J connectivity index is 2.19. The lowest BCUT2D eigenvalue weighted by Crippen LogP contribution is -2.11. The summed E-state index contributed by atoms with van der Waals surface area (Å²) in [6.45, 7) is 2.30. The summed E-state index contributed by atoms with van der Waals surface area (Å²) in [5, 5.41) is 0. The minimum Gasteiger partial charge on any atom is -0.489 e. The minimum atomic E-state index is -0.757. The van der Waals surface area contributed by atoms with Gasteiger partial charge in [0, 0.05) is 11.3 Å². The molecule has 0 aromatic heterocycles. The van der Waals surface area contributed by atoms with Crippen LogP contribution in [0.15, 0.2) is 42.5 Å². The monoisotopic (exact) mass is 318 g/mol. The smallest absolute Gasteiger partial charge is 0.489 e. The van der Waals surface area contributed by atoms with Crippen LogP contribution < -0.4 is 9.47 Å². The number of methoxy groups -OCH3 is 1. The first kappa shape index (κ1) is 16.2. The van der Waals surface area contributed by atoms with E-state index in [2.05, 4.69) is 17.4 Å². The van der Waals surface area contributed by atoms with E-state index in [1.54, 1.807) is 12.1 Å². The standard InChI is InChI=1S/C17H18O4S/c1-12-6-8-14(9-7-12)20-10-15-13(11-22)4-3-5-16(15)21-17(18)19-2/h3-9,22H,10-11H2,1-2H3. The Kier molecular flexibility index (Phi) is 5.72. The van der Waals surface area contributed by atoms with E-state index in [9.17, 15) is 4.79 Å². The second kappa shape index (κ2) is 7.75. The number of thiol groups is 1. The van der Waals surface area contributed by atoms with Gasteiger partial charge >= 0.3 is 6.16 Å². The molecule has 0 aliphatic rings. The van der Waals surface area contributed by atoms with Crippen molar-refractivity contribution in [2.45, 2.75) is 19.3 Å². The zero-order valence-corrected chi connectivity index (χ0v) is 13.4. The van der Waals surface area contributed by atoms with Crippen molar-refractivity contribution in [3.8, 4) is 11.5 Å². The summed E-state index contributed by atoms with van der Waals surface area (Å²) in [7, 11) is 1.27. The normalized spacial score (nSPS) is 10.1.